The topological polar surface area (TPSA) is 29.9 Å². The normalized spacial score (nSPS) is 13.1. The molecule has 1 atom stereocenters. The summed E-state index contributed by atoms with van der Waals surface area (Å²) in [4.78, 5) is 0. The smallest absolute Gasteiger partial charge is 0.0692 e. The summed E-state index contributed by atoms with van der Waals surface area (Å²) in [5.74, 6) is 0. The molecule has 0 aliphatic heterocycles. The van der Waals surface area contributed by atoms with E-state index in [0.717, 1.165) is 10.9 Å². The number of aryl methyl sites for hydroxylation is 1. The number of nitrogens with zero attached hydrogens (tertiary/aromatic N) is 2. The Morgan fingerprint density at radius 3 is 2.79 bits per heavy atom. The van der Waals surface area contributed by atoms with Gasteiger partial charge in [0.1, 0.15) is 0 Å². The zero-order valence-corrected chi connectivity index (χ0v) is 10.6. The highest BCUT2D eigenvalue weighted by Gasteiger charge is 2.16. The van der Waals surface area contributed by atoms with Gasteiger partial charge < -0.3 is 5.32 Å². The molecule has 80 valence electrons. The molecule has 0 radical (unpaired) electrons. The van der Waals surface area contributed by atoms with Gasteiger partial charge in [0.25, 0.3) is 0 Å². The Balaban J connectivity index is 2.77. The summed E-state index contributed by atoms with van der Waals surface area (Å²) in [6.07, 6.45) is 5.48. The number of halogens is 1. The molecule has 1 aromatic heterocycles. The maximum absolute atomic E-state index is 4.22. The van der Waals surface area contributed by atoms with Crippen molar-refractivity contribution < 1.29 is 0 Å². The quantitative estimate of drug-likeness (QED) is 0.882. The Morgan fingerprint density at radius 1 is 1.64 bits per heavy atom. The largest absolute Gasteiger partial charge is 0.312 e. The minimum Gasteiger partial charge on any atom is -0.312 e. The summed E-state index contributed by atoms with van der Waals surface area (Å²) in [5.41, 5.74) is 1.24. The molecule has 0 aliphatic carbocycles. The molecule has 0 aromatic carbocycles. The van der Waals surface area contributed by atoms with E-state index in [4.69, 9.17) is 0 Å². The second kappa shape index (κ2) is 5.51. The first-order valence-corrected chi connectivity index (χ1v) is 5.84. The van der Waals surface area contributed by atoms with Crippen molar-refractivity contribution in [1.82, 2.24) is 15.1 Å². The summed E-state index contributed by atoms with van der Waals surface area (Å²) < 4.78 is 3.02. The molecule has 1 aromatic rings. The van der Waals surface area contributed by atoms with E-state index in [1.807, 2.05) is 25.0 Å². The number of rotatable bonds is 5. The minimum absolute atomic E-state index is 0.400. The first-order chi connectivity index (χ1) is 6.70. The van der Waals surface area contributed by atoms with Crippen LogP contribution >= 0.6 is 15.9 Å². The summed E-state index contributed by atoms with van der Waals surface area (Å²) in [6.45, 7) is 2.21. The Morgan fingerprint density at radius 2 is 2.36 bits per heavy atom. The van der Waals surface area contributed by atoms with Gasteiger partial charge in [-0.05, 0) is 29.4 Å². The van der Waals surface area contributed by atoms with Crippen LogP contribution in [0.3, 0.4) is 0 Å². The van der Waals surface area contributed by atoms with Gasteiger partial charge >= 0.3 is 0 Å². The third-order valence-corrected chi connectivity index (χ3v) is 3.07. The van der Waals surface area contributed by atoms with Crippen LogP contribution in [0.1, 0.15) is 37.9 Å². The summed E-state index contributed by atoms with van der Waals surface area (Å²) in [6, 6.07) is 0.400. The molecular formula is C10H18BrN3. The van der Waals surface area contributed by atoms with E-state index in [1.165, 1.54) is 18.5 Å². The standard InChI is InChI=1S/C10H18BrN3/c1-4-5-6-9(12-2)10-8(11)7-13-14(10)3/h7,9,12H,4-6H2,1-3H3. The molecule has 0 spiro atoms. The van der Waals surface area contributed by atoms with E-state index >= 15 is 0 Å². The first kappa shape index (κ1) is 11.7. The van der Waals surface area contributed by atoms with Gasteiger partial charge in [0.05, 0.1) is 22.4 Å². The predicted octanol–water partition coefficient (Wildman–Crippen LogP) is 2.63. The van der Waals surface area contributed by atoms with E-state index < -0.39 is 0 Å². The van der Waals surface area contributed by atoms with Gasteiger partial charge in [0.2, 0.25) is 0 Å². The fraction of sp³-hybridized carbons (Fsp3) is 0.700. The molecule has 1 heterocycles. The molecule has 0 saturated heterocycles. The van der Waals surface area contributed by atoms with Crippen molar-refractivity contribution in [1.29, 1.82) is 0 Å². The zero-order valence-electron chi connectivity index (χ0n) is 9.05. The van der Waals surface area contributed by atoms with Gasteiger partial charge in [-0.2, -0.15) is 5.10 Å². The molecule has 1 N–H and O–H groups in total. The van der Waals surface area contributed by atoms with Crippen molar-refractivity contribution >= 4 is 15.9 Å². The average Bonchev–Trinajstić information content (AvgIpc) is 2.50. The van der Waals surface area contributed by atoms with Crippen LogP contribution in [-0.2, 0) is 7.05 Å². The molecule has 0 aliphatic rings. The van der Waals surface area contributed by atoms with Crippen LogP contribution in [0.5, 0.6) is 0 Å². The van der Waals surface area contributed by atoms with Gasteiger partial charge in [0, 0.05) is 7.05 Å². The molecule has 1 rings (SSSR count). The predicted molar refractivity (Wildman–Crippen MR) is 62.2 cm³/mol. The lowest BCUT2D eigenvalue weighted by Crippen LogP contribution is -2.19. The highest BCUT2D eigenvalue weighted by atomic mass is 79.9. The van der Waals surface area contributed by atoms with Crippen LogP contribution in [0.4, 0.5) is 0 Å². The van der Waals surface area contributed by atoms with E-state index in [2.05, 4.69) is 33.3 Å². The molecule has 0 amide bonds. The third kappa shape index (κ3) is 2.58. The number of hydrogen-bond donors (Lipinski definition) is 1. The van der Waals surface area contributed by atoms with Crippen LogP contribution < -0.4 is 5.32 Å². The minimum atomic E-state index is 0.400. The summed E-state index contributed by atoms with van der Waals surface area (Å²) in [7, 11) is 3.98. The van der Waals surface area contributed by atoms with Crippen molar-refractivity contribution in [2.24, 2.45) is 7.05 Å². The molecular weight excluding hydrogens is 242 g/mol. The van der Waals surface area contributed by atoms with E-state index in [1.54, 1.807) is 0 Å². The van der Waals surface area contributed by atoms with Crippen LogP contribution in [-0.4, -0.2) is 16.8 Å². The van der Waals surface area contributed by atoms with Crippen molar-refractivity contribution in [3.8, 4) is 0 Å². The third-order valence-electron chi connectivity index (χ3n) is 2.46. The van der Waals surface area contributed by atoms with E-state index in [9.17, 15) is 0 Å². The molecule has 4 heteroatoms. The van der Waals surface area contributed by atoms with Gasteiger partial charge in [-0.15, -0.1) is 0 Å². The molecule has 3 nitrogen and oxygen atoms in total. The van der Waals surface area contributed by atoms with Crippen molar-refractivity contribution in [3.63, 3.8) is 0 Å². The molecule has 1 unspecified atom stereocenters. The number of aromatic nitrogens is 2. The highest BCUT2D eigenvalue weighted by Crippen LogP contribution is 2.25. The average molecular weight is 260 g/mol. The van der Waals surface area contributed by atoms with Crippen molar-refractivity contribution in [2.75, 3.05) is 7.05 Å². The Hall–Kier alpha value is -0.350. The summed E-state index contributed by atoms with van der Waals surface area (Å²) in [5, 5.41) is 7.55. The Labute approximate surface area is 94.0 Å². The second-order valence-corrected chi connectivity index (χ2v) is 4.34. The lowest BCUT2D eigenvalue weighted by molar-refractivity contribution is 0.486. The van der Waals surface area contributed by atoms with Crippen LogP contribution in [0, 0.1) is 0 Å². The van der Waals surface area contributed by atoms with Crippen LogP contribution in [0.15, 0.2) is 10.7 Å². The van der Waals surface area contributed by atoms with E-state index in [-0.39, 0.29) is 0 Å². The lowest BCUT2D eigenvalue weighted by Gasteiger charge is -2.16. The fourth-order valence-electron chi connectivity index (χ4n) is 1.64. The van der Waals surface area contributed by atoms with Crippen LogP contribution in [0.25, 0.3) is 0 Å². The Kier molecular flexibility index (Phi) is 4.62. The zero-order chi connectivity index (χ0) is 10.6. The maximum Gasteiger partial charge on any atom is 0.0692 e. The van der Waals surface area contributed by atoms with Crippen molar-refractivity contribution in [3.05, 3.63) is 16.4 Å². The van der Waals surface area contributed by atoms with Gasteiger partial charge in [-0.25, -0.2) is 0 Å². The van der Waals surface area contributed by atoms with Gasteiger partial charge in [0.15, 0.2) is 0 Å². The molecule has 0 bridgehead atoms. The van der Waals surface area contributed by atoms with Crippen molar-refractivity contribution in [2.45, 2.75) is 32.2 Å². The SMILES string of the molecule is CCCCC(NC)c1c(Br)cnn1C. The lowest BCUT2D eigenvalue weighted by atomic mass is 10.1. The first-order valence-electron chi connectivity index (χ1n) is 5.05. The number of nitrogens with one attached hydrogen (secondary N) is 1. The molecule has 0 saturated carbocycles. The monoisotopic (exact) mass is 259 g/mol. The van der Waals surface area contributed by atoms with Crippen LogP contribution in [0.2, 0.25) is 0 Å². The van der Waals surface area contributed by atoms with Gasteiger partial charge in [-0.1, -0.05) is 19.8 Å². The number of unbranched alkanes of at least 4 members (excludes halogenated alkanes) is 1. The highest BCUT2D eigenvalue weighted by molar-refractivity contribution is 9.10. The molecule has 14 heavy (non-hydrogen) atoms. The fourth-order valence-corrected chi connectivity index (χ4v) is 2.26. The van der Waals surface area contributed by atoms with E-state index in [0.29, 0.717) is 6.04 Å². The number of hydrogen-bond acceptors (Lipinski definition) is 2. The Bertz CT molecular complexity index is 263. The maximum atomic E-state index is 4.22. The summed E-state index contributed by atoms with van der Waals surface area (Å²) >= 11 is 3.53. The van der Waals surface area contributed by atoms with Gasteiger partial charge in [-0.3, -0.25) is 4.68 Å². The second-order valence-electron chi connectivity index (χ2n) is 3.48. The molecule has 0 fully saturated rings.